The highest BCUT2D eigenvalue weighted by molar-refractivity contribution is 7.26. The Hall–Kier alpha value is -2.21. The molecule has 0 amide bonds. The molecule has 3 rings (SSSR count). The maximum absolute atomic E-state index is 12.7. The maximum atomic E-state index is 12.7. The van der Waals surface area contributed by atoms with Crippen LogP contribution < -0.4 is 5.56 Å². The van der Waals surface area contributed by atoms with E-state index in [9.17, 15) is 14.7 Å². The van der Waals surface area contributed by atoms with Crippen molar-refractivity contribution >= 4 is 37.5 Å². The number of hydrogen-bond donors (Lipinski definition) is 1. The van der Waals surface area contributed by atoms with Crippen LogP contribution in [-0.4, -0.2) is 20.9 Å². The minimum atomic E-state index is -1.04. The summed E-state index contributed by atoms with van der Waals surface area (Å²) in [5, 5.41) is 14.9. The summed E-state index contributed by atoms with van der Waals surface area (Å²) in [7, 11) is 0. The Labute approximate surface area is 124 Å². The van der Waals surface area contributed by atoms with Gasteiger partial charge in [0.1, 0.15) is 0 Å². The lowest BCUT2D eigenvalue weighted by Crippen LogP contribution is -2.32. The smallest absolute Gasteiger partial charge is 0.328 e. The number of hydrogen-bond acceptors (Lipinski definition) is 4. The summed E-state index contributed by atoms with van der Waals surface area (Å²) in [5.41, 5.74) is 0.354. The molecule has 0 spiro atoms. The number of benzene rings is 1. The summed E-state index contributed by atoms with van der Waals surface area (Å²) in [6.45, 7) is 3.54. The van der Waals surface area contributed by atoms with Gasteiger partial charge in [0.05, 0.1) is 15.8 Å². The van der Waals surface area contributed by atoms with Crippen molar-refractivity contribution in [3.05, 3.63) is 40.3 Å². The highest BCUT2D eigenvalue weighted by Crippen LogP contribution is 2.32. The van der Waals surface area contributed by atoms with Crippen LogP contribution >= 0.6 is 11.3 Å². The standard InChI is InChI=1S/C15H14N2O3S/c1-3-10(15(19)20)17-14(18)12-9-6-4-5-7-11(9)21-13(12)8(2)16-17/h4-7,10H,3H2,1-2H3,(H,19,20). The van der Waals surface area contributed by atoms with Gasteiger partial charge in [-0.2, -0.15) is 5.10 Å². The van der Waals surface area contributed by atoms with E-state index in [0.717, 1.165) is 19.5 Å². The van der Waals surface area contributed by atoms with Crippen molar-refractivity contribution in [3.8, 4) is 0 Å². The van der Waals surface area contributed by atoms with E-state index in [-0.39, 0.29) is 5.56 Å². The average molecular weight is 302 g/mol. The van der Waals surface area contributed by atoms with E-state index in [2.05, 4.69) is 5.10 Å². The molecule has 0 aliphatic heterocycles. The Kier molecular flexibility index (Phi) is 3.25. The quantitative estimate of drug-likeness (QED) is 0.807. The van der Waals surface area contributed by atoms with Crippen LogP contribution in [0.5, 0.6) is 0 Å². The van der Waals surface area contributed by atoms with Crippen molar-refractivity contribution in [1.82, 2.24) is 9.78 Å². The van der Waals surface area contributed by atoms with Gasteiger partial charge in [-0.15, -0.1) is 11.3 Å². The van der Waals surface area contributed by atoms with Crippen LogP contribution in [0.25, 0.3) is 20.2 Å². The van der Waals surface area contributed by atoms with Crippen LogP contribution in [0, 0.1) is 6.92 Å². The fraction of sp³-hybridized carbons (Fsp3) is 0.267. The van der Waals surface area contributed by atoms with Crippen molar-refractivity contribution in [2.75, 3.05) is 0 Å². The van der Waals surface area contributed by atoms with E-state index in [1.807, 2.05) is 31.2 Å². The van der Waals surface area contributed by atoms with Crippen molar-refractivity contribution < 1.29 is 9.90 Å². The third kappa shape index (κ3) is 2.03. The lowest BCUT2D eigenvalue weighted by molar-refractivity contribution is -0.141. The highest BCUT2D eigenvalue weighted by atomic mass is 32.1. The maximum Gasteiger partial charge on any atom is 0.328 e. The van der Waals surface area contributed by atoms with Gasteiger partial charge in [-0.3, -0.25) is 4.79 Å². The average Bonchev–Trinajstić information content (AvgIpc) is 2.84. The normalized spacial score (nSPS) is 12.9. The topological polar surface area (TPSA) is 72.2 Å². The number of carboxylic acid groups (broad SMARTS) is 1. The minimum absolute atomic E-state index is 0.315. The third-order valence-corrected chi connectivity index (χ3v) is 4.85. The van der Waals surface area contributed by atoms with Gasteiger partial charge in [0.2, 0.25) is 0 Å². The lowest BCUT2D eigenvalue weighted by atomic mass is 10.1. The number of aromatic nitrogens is 2. The van der Waals surface area contributed by atoms with E-state index >= 15 is 0 Å². The van der Waals surface area contributed by atoms with Gasteiger partial charge in [-0.25, -0.2) is 9.48 Å². The van der Waals surface area contributed by atoms with Gasteiger partial charge in [-0.1, -0.05) is 25.1 Å². The molecule has 5 nitrogen and oxygen atoms in total. The Morgan fingerprint density at radius 2 is 2.14 bits per heavy atom. The van der Waals surface area contributed by atoms with Crippen molar-refractivity contribution in [1.29, 1.82) is 0 Å². The number of fused-ring (bicyclic) bond motifs is 3. The van der Waals surface area contributed by atoms with E-state index in [0.29, 0.717) is 17.5 Å². The highest BCUT2D eigenvalue weighted by Gasteiger charge is 2.23. The molecule has 0 aliphatic carbocycles. The largest absolute Gasteiger partial charge is 0.480 e. The van der Waals surface area contributed by atoms with Crippen LogP contribution in [0.1, 0.15) is 25.1 Å². The summed E-state index contributed by atoms with van der Waals surface area (Å²) in [5.74, 6) is -1.04. The zero-order valence-corrected chi connectivity index (χ0v) is 12.5. The summed E-state index contributed by atoms with van der Waals surface area (Å²) < 4.78 is 2.95. The summed E-state index contributed by atoms with van der Waals surface area (Å²) in [4.78, 5) is 24.0. The molecular weight excluding hydrogens is 288 g/mol. The Morgan fingerprint density at radius 1 is 1.43 bits per heavy atom. The first-order valence-corrected chi connectivity index (χ1v) is 7.49. The first-order valence-electron chi connectivity index (χ1n) is 6.68. The molecule has 0 saturated carbocycles. The fourth-order valence-corrected chi connectivity index (χ4v) is 3.68. The number of thiophene rings is 1. The zero-order valence-electron chi connectivity index (χ0n) is 11.7. The lowest BCUT2D eigenvalue weighted by Gasteiger charge is -2.13. The van der Waals surface area contributed by atoms with Crippen molar-refractivity contribution in [3.63, 3.8) is 0 Å². The molecule has 1 atom stereocenters. The monoisotopic (exact) mass is 302 g/mol. The number of aliphatic carboxylic acids is 1. The Morgan fingerprint density at radius 3 is 2.81 bits per heavy atom. The third-order valence-electron chi connectivity index (χ3n) is 3.57. The summed E-state index contributed by atoms with van der Waals surface area (Å²) >= 11 is 1.52. The molecule has 1 aromatic carbocycles. The summed E-state index contributed by atoms with van der Waals surface area (Å²) in [6.07, 6.45) is 0.315. The fourth-order valence-electron chi connectivity index (χ4n) is 2.54. The molecule has 0 fully saturated rings. The second-order valence-electron chi connectivity index (χ2n) is 4.90. The van der Waals surface area contributed by atoms with Crippen molar-refractivity contribution in [2.24, 2.45) is 0 Å². The van der Waals surface area contributed by atoms with Gasteiger partial charge in [0.25, 0.3) is 5.56 Å². The second-order valence-corrected chi connectivity index (χ2v) is 5.95. The van der Waals surface area contributed by atoms with E-state index < -0.39 is 12.0 Å². The first-order chi connectivity index (χ1) is 10.0. The SMILES string of the molecule is CCC(C(=O)O)n1nc(C)c2sc3ccccc3c2c1=O. The van der Waals surface area contributed by atoms with Gasteiger partial charge in [-0.05, 0) is 19.4 Å². The number of aryl methyl sites for hydroxylation is 1. The van der Waals surface area contributed by atoms with Crippen LogP contribution in [0.2, 0.25) is 0 Å². The van der Waals surface area contributed by atoms with Crippen LogP contribution in [-0.2, 0) is 4.79 Å². The first kappa shape index (κ1) is 13.8. The predicted molar refractivity (Wildman–Crippen MR) is 83.1 cm³/mol. The molecule has 0 bridgehead atoms. The number of nitrogens with zero attached hydrogens (tertiary/aromatic N) is 2. The van der Waals surface area contributed by atoms with Gasteiger partial charge in [0.15, 0.2) is 6.04 Å². The number of rotatable bonds is 3. The molecule has 108 valence electrons. The predicted octanol–water partition coefficient (Wildman–Crippen LogP) is 2.96. The molecule has 1 unspecified atom stereocenters. The molecule has 2 aromatic heterocycles. The van der Waals surface area contributed by atoms with Crippen molar-refractivity contribution in [2.45, 2.75) is 26.3 Å². The Bertz CT molecular complexity index is 910. The molecule has 21 heavy (non-hydrogen) atoms. The van der Waals surface area contributed by atoms with Gasteiger partial charge >= 0.3 is 5.97 Å². The van der Waals surface area contributed by atoms with Gasteiger partial charge < -0.3 is 5.11 Å². The molecule has 3 aromatic rings. The van der Waals surface area contributed by atoms with E-state index in [1.54, 1.807) is 6.92 Å². The summed E-state index contributed by atoms with van der Waals surface area (Å²) in [6, 6.07) is 6.71. The molecule has 0 radical (unpaired) electrons. The second kappa shape index (κ2) is 4.96. The zero-order chi connectivity index (χ0) is 15.1. The van der Waals surface area contributed by atoms with Crippen LogP contribution in [0.4, 0.5) is 0 Å². The van der Waals surface area contributed by atoms with Crippen LogP contribution in [0.15, 0.2) is 29.1 Å². The molecule has 0 saturated heterocycles. The number of carbonyl (C=O) groups is 1. The molecule has 1 N–H and O–H groups in total. The molecule has 0 aliphatic rings. The van der Waals surface area contributed by atoms with E-state index in [1.165, 1.54) is 11.3 Å². The Balaban J connectivity index is 2.45. The molecular formula is C15H14N2O3S. The molecule has 2 heterocycles. The number of carboxylic acids is 1. The van der Waals surface area contributed by atoms with Gasteiger partial charge in [0, 0.05) is 10.1 Å². The molecule has 6 heteroatoms. The minimum Gasteiger partial charge on any atom is -0.480 e. The van der Waals surface area contributed by atoms with Crippen LogP contribution in [0.3, 0.4) is 0 Å². The van der Waals surface area contributed by atoms with E-state index in [4.69, 9.17) is 0 Å².